The first-order valence-corrected chi connectivity index (χ1v) is 6.16. The predicted molar refractivity (Wildman–Crippen MR) is 68.2 cm³/mol. The maximum atomic E-state index is 13.6. The van der Waals surface area contributed by atoms with Gasteiger partial charge in [0.15, 0.2) is 0 Å². The van der Waals surface area contributed by atoms with Gasteiger partial charge < -0.3 is 4.74 Å². The highest BCUT2D eigenvalue weighted by atomic mass is 32.2. The zero-order chi connectivity index (χ0) is 13.8. The van der Waals surface area contributed by atoms with E-state index in [1.54, 1.807) is 18.2 Å². The topological polar surface area (TPSA) is 33.0 Å². The fraction of sp³-hybridized carbons (Fsp3) is 0.0714. The Kier molecular flexibility index (Phi) is 4.03. The number of ether oxygens (including phenoxy) is 1. The lowest BCUT2D eigenvalue weighted by molar-refractivity contribution is 0.413. The molecule has 0 saturated carbocycles. The lowest BCUT2D eigenvalue weighted by atomic mass is 10.2. The number of nitriles is 1. The van der Waals surface area contributed by atoms with Crippen molar-refractivity contribution in [3.63, 3.8) is 0 Å². The van der Waals surface area contributed by atoms with E-state index in [1.807, 2.05) is 6.07 Å². The maximum absolute atomic E-state index is 13.6. The van der Waals surface area contributed by atoms with Gasteiger partial charge in [0.05, 0.1) is 12.7 Å². The van der Waals surface area contributed by atoms with Gasteiger partial charge in [-0.05, 0) is 30.3 Å². The molecule has 0 bridgehead atoms. The summed E-state index contributed by atoms with van der Waals surface area (Å²) in [5.41, 5.74) is 0.412. The minimum absolute atomic E-state index is 0.256. The highest BCUT2D eigenvalue weighted by Crippen LogP contribution is 2.34. The number of rotatable bonds is 3. The van der Waals surface area contributed by atoms with Crippen LogP contribution in [-0.2, 0) is 0 Å². The lowest BCUT2D eigenvalue weighted by Crippen LogP contribution is -1.88. The molecule has 0 fully saturated rings. The van der Waals surface area contributed by atoms with Crippen LogP contribution in [0.4, 0.5) is 8.78 Å². The second-order valence-electron chi connectivity index (χ2n) is 3.65. The van der Waals surface area contributed by atoms with E-state index in [2.05, 4.69) is 0 Å². The molecular weight excluding hydrogens is 268 g/mol. The van der Waals surface area contributed by atoms with E-state index < -0.39 is 11.6 Å². The van der Waals surface area contributed by atoms with Crippen molar-refractivity contribution in [2.75, 3.05) is 7.11 Å². The Labute approximate surface area is 113 Å². The summed E-state index contributed by atoms with van der Waals surface area (Å²) < 4.78 is 31.5. The predicted octanol–water partition coefficient (Wildman–Crippen LogP) is 4.00. The van der Waals surface area contributed by atoms with E-state index in [9.17, 15) is 8.78 Å². The maximum Gasteiger partial charge on any atom is 0.140 e. The van der Waals surface area contributed by atoms with E-state index in [4.69, 9.17) is 10.00 Å². The van der Waals surface area contributed by atoms with E-state index in [-0.39, 0.29) is 4.90 Å². The molecule has 0 saturated heterocycles. The van der Waals surface area contributed by atoms with Crippen LogP contribution in [0.2, 0.25) is 0 Å². The third kappa shape index (κ3) is 3.04. The third-order valence-electron chi connectivity index (χ3n) is 2.42. The molecule has 0 aliphatic carbocycles. The normalized spacial score (nSPS) is 10.0. The second-order valence-corrected chi connectivity index (χ2v) is 4.73. The van der Waals surface area contributed by atoms with Gasteiger partial charge in [0, 0.05) is 15.9 Å². The zero-order valence-electron chi connectivity index (χ0n) is 9.98. The number of benzene rings is 2. The van der Waals surface area contributed by atoms with Crippen LogP contribution in [0.25, 0.3) is 0 Å². The van der Waals surface area contributed by atoms with E-state index >= 15 is 0 Å². The summed E-state index contributed by atoms with van der Waals surface area (Å²) in [6.45, 7) is 0. The largest absolute Gasteiger partial charge is 0.497 e. The molecule has 0 spiro atoms. The summed E-state index contributed by atoms with van der Waals surface area (Å²) >= 11 is 1.06. The summed E-state index contributed by atoms with van der Waals surface area (Å²) in [7, 11) is 1.51. The number of halogens is 2. The number of nitrogens with zero attached hydrogens (tertiary/aromatic N) is 1. The minimum atomic E-state index is -0.656. The first-order valence-electron chi connectivity index (χ1n) is 5.35. The Morgan fingerprint density at radius 2 is 1.89 bits per heavy atom. The number of hydrogen-bond acceptors (Lipinski definition) is 3. The molecule has 2 rings (SSSR count). The molecule has 0 amide bonds. The van der Waals surface area contributed by atoms with Crippen LogP contribution in [0.1, 0.15) is 5.56 Å². The van der Waals surface area contributed by atoms with Gasteiger partial charge in [-0.1, -0.05) is 11.8 Å². The molecule has 2 aromatic carbocycles. The number of hydrogen-bond donors (Lipinski definition) is 0. The van der Waals surface area contributed by atoms with Crippen molar-refractivity contribution in [2.45, 2.75) is 9.79 Å². The molecule has 2 aromatic rings. The Balaban J connectivity index is 2.39. The molecule has 19 heavy (non-hydrogen) atoms. The Morgan fingerprint density at radius 1 is 1.11 bits per heavy atom. The molecule has 0 aliphatic rings. The molecule has 2 nitrogen and oxygen atoms in total. The van der Waals surface area contributed by atoms with Gasteiger partial charge >= 0.3 is 0 Å². The smallest absolute Gasteiger partial charge is 0.140 e. The van der Waals surface area contributed by atoms with Gasteiger partial charge in [-0.25, -0.2) is 8.78 Å². The highest BCUT2D eigenvalue weighted by molar-refractivity contribution is 7.99. The van der Waals surface area contributed by atoms with Crippen LogP contribution in [0.15, 0.2) is 46.2 Å². The number of methoxy groups -OCH3 is 1. The molecule has 0 aromatic heterocycles. The van der Waals surface area contributed by atoms with Crippen molar-refractivity contribution < 1.29 is 13.5 Å². The van der Waals surface area contributed by atoms with Crippen molar-refractivity contribution in [1.29, 1.82) is 5.26 Å². The molecule has 96 valence electrons. The van der Waals surface area contributed by atoms with E-state index in [0.29, 0.717) is 16.2 Å². The minimum Gasteiger partial charge on any atom is -0.497 e. The van der Waals surface area contributed by atoms with Crippen LogP contribution in [0.5, 0.6) is 5.75 Å². The standard InChI is InChI=1S/C14H9F2NOS/c1-18-11-4-2-9(8-17)14(7-11)19-13-5-3-10(15)6-12(13)16/h2-7H,1H3. The van der Waals surface area contributed by atoms with E-state index in [1.165, 1.54) is 19.2 Å². The van der Waals surface area contributed by atoms with Crippen LogP contribution in [0.3, 0.4) is 0 Å². The molecule has 0 aliphatic heterocycles. The molecule has 0 unspecified atom stereocenters. The third-order valence-corrected chi connectivity index (χ3v) is 3.53. The van der Waals surface area contributed by atoms with Crippen LogP contribution >= 0.6 is 11.8 Å². The lowest BCUT2D eigenvalue weighted by Gasteiger charge is -2.07. The summed E-state index contributed by atoms with van der Waals surface area (Å²) in [5.74, 6) is -0.714. The molecule has 0 radical (unpaired) electrons. The molecule has 5 heteroatoms. The summed E-state index contributed by atoms with van der Waals surface area (Å²) in [6, 6.07) is 10.3. The average molecular weight is 277 g/mol. The summed E-state index contributed by atoms with van der Waals surface area (Å²) in [5, 5.41) is 9.02. The fourth-order valence-electron chi connectivity index (χ4n) is 1.48. The van der Waals surface area contributed by atoms with Crippen LogP contribution < -0.4 is 4.74 Å². The second kappa shape index (κ2) is 5.72. The van der Waals surface area contributed by atoms with Crippen molar-refractivity contribution in [3.8, 4) is 11.8 Å². The molecule has 0 N–H and O–H groups in total. The summed E-state index contributed by atoms with van der Waals surface area (Å²) in [4.78, 5) is 0.818. The van der Waals surface area contributed by atoms with Gasteiger partial charge in [0.25, 0.3) is 0 Å². The SMILES string of the molecule is COc1ccc(C#N)c(Sc2ccc(F)cc2F)c1. The Hall–Kier alpha value is -2.06. The van der Waals surface area contributed by atoms with Gasteiger partial charge in [-0.15, -0.1) is 0 Å². The monoisotopic (exact) mass is 277 g/mol. The van der Waals surface area contributed by atoms with Crippen LogP contribution in [0, 0.1) is 23.0 Å². The highest BCUT2D eigenvalue weighted by Gasteiger charge is 2.10. The molecular formula is C14H9F2NOS. The zero-order valence-corrected chi connectivity index (χ0v) is 10.8. The quantitative estimate of drug-likeness (QED) is 0.850. The van der Waals surface area contributed by atoms with Gasteiger partial charge in [-0.3, -0.25) is 0 Å². The Bertz CT molecular complexity index is 652. The first kappa shape index (κ1) is 13.4. The van der Waals surface area contributed by atoms with Crippen LogP contribution in [-0.4, -0.2) is 7.11 Å². The molecule has 0 heterocycles. The van der Waals surface area contributed by atoms with Crippen molar-refractivity contribution >= 4 is 11.8 Å². The van der Waals surface area contributed by atoms with E-state index in [0.717, 1.165) is 17.8 Å². The van der Waals surface area contributed by atoms with Gasteiger partial charge in [0.2, 0.25) is 0 Å². The van der Waals surface area contributed by atoms with Gasteiger partial charge in [-0.2, -0.15) is 5.26 Å². The van der Waals surface area contributed by atoms with Gasteiger partial charge in [0.1, 0.15) is 23.5 Å². The Morgan fingerprint density at radius 3 is 2.53 bits per heavy atom. The first-order chi connectivity index (χ1) is 9.13. The summed E-state index contributed by atoms with van der Waals surface area (Å²) in [6.07, 6.45) is 0. The fourth-order valence-corrected chi connectivity index (χ4v) is 2.41. The van der Waals surface area contributed by atoms with Crippen molar-refractivity contribution in [1.82, 2.24) is 0 Å². The van der Waals surface area contributed by atoms with Crippen molar-refractivity contribution in [3.05, 3.63) is 53.6 Å². The average Bonchev–Trinajstić information content (AvgIpc) is 2.41. The van der Waals surface area contributed by atoms with Crippen molar-refractivity contribution in [2.24, 2.45) is 0 Å². The molecule has 0 atom stereocenters.